The normalized spacial score (nSPS) is 13.8. The van der Waals surface area contributed by atoms with E-state index in [4.69, 9.17) is 0 Å². The van der Waals surface area contributed by atoms with Gasteiger partial charge >= 0.3 is 31.2 Å². The second-order valence-corrected chi connectivity index (χ2v) is 3.84. The molecular formula is C8H11F6LiO2. The van der Waals surface area contributed by atoms with Crippen LogP contribution >= 0.6 is 0 Å². The van der Waals surface area contributed by atoms with Gasteiger partial charge in [-0.2, -0.15) is 26.3 Å². The molecular weight excluding hydrogens is 249 g/mol. The summed E-state index contributed by atoms with van der Waals surface area (Å²) in [6.07, 6.45) is -15.3. The van der Waals surface area contributed by atoms with E-state index < -0.39 is 37.1 Å². The number of ether oxygens (including phenoxy) is 1. The molecule has 98 valence electrons. The van der Waals surface area contributed by atoms with Gasteiger partial charge in [0.15, 0.2) is 0 Å². The summed E-state index contributed by atoms with van der Waals surface area (Å²) in [7, 11) is 0. The molecule has 0 amide bonds. The van der Waals surface area contributed by atoms with Gasteiger partial charge in [-0.25, -0.2) is 0 Å². The predicted molar refractivity (Wildman–Crippen MR) is 40.5 cm³/mol. The van der Waals surface area contributed by atoms with Crippen molar-refractivity contribution in [2.24, 2.45) is 0 Å². The average molecular weight is 260 g/mol. The zero-order chi connectivity index (χ0) is 13.2. The largest absolute Gasteiger partial charge is 1.00 e. The molecule has 2 nitrogen and oxygen atoms in total. The summed E-state index contributed by atoms with van der Waals surface area (Å²) in [5, 5.41) is 10.9. The molecule has 9 heteroatoms. The molecule has 0 heterocycles. The van der Waals surface area contributed by atoms with Gasteiger partial charge in [-0.15, -0.1) is 5.60 Å². The van der Waals surface area contributed by atoms with Crippen molar-refractivity contribution in [1.82, 2.24) is 0 Å². The zero-order valence-electron chi connectivity index (χ0n) is 9.58. The molecule has 0 aliphatic rings. The molecule has 0 aliphatic carbocycles. The van der Waals surface area contributed by atoms with E-state index in [9.17, 15) is 31.4 Å². The zero-order valence-corrected chi connectivity index (χ0v) is 9.58. The summed E-state index contributed by atoms with van der Waals surface area (Å²) in [4.78, 5) is 0. The molecule has 0 atom stereocenters. The second kappa shape index (κ2) is 6.32. The van der Waals surface area contributed by atoms with Crippen LogP contribution < -0.4 is 24.0 Å². The van der Waals surface area contributed by atoms with Gasteiger partial charge in [-0.05, 0) is 6.42 Å². The van der Waals surface area contributed by atoms with E-state index in [1.165, 1.54) is 0 Å². The minimum absolute atomic E-state index is 0. The molecule has 0 spiro atoms. The van der Waals surface area contributed by atoms with Crippen LogP contribution in [0.5, 0.6) is 0 Å². The molecule has 0 rings (SSSR count). The van der Waals surface area contributed by atoms with Crippen LogP contribution in [-0.2, 0) is 4.74 Å². The van der Waals surface area contributed by atoms with Gasteiger partial charge in [0.25, 0.3) is 0 Å². The van der Waals surface area contributed by atoms with Crippen LogP contribution in [0.2, 0.25) is 0 Å². The van der Waals surface area contributed by atoms with E-state index in [1.54, 1.807) is 0 Å². The van der Waals surface area contributed by atoms with Crippen LogP contribution in [0.25, 0.3) is 0 Å². The Balaban J connectivity index is 0. The fourth-order valence-corrected chi connectivity index (χ4v) is 0.797. The first kappa shape index (κ1) is 19.4. The summed E-state index contributed by atoms with van der Waals surface area (Å²) in [5.74, 6) is 0. The fraction of sp³-hybridized carbons (Fsp3) is 1.00. The molecule has 0 radical (unpaired) electrons. The van der Waals surface area contributed by atoms with Gasteiger partial charge in [-0.1, -0.05) is 13.8 Å². The molecule has 0 aromatic carbocycles. The molecule has 0 fully saturated rings. The van der Waals surface area contributed by atoms with Crippen molar-refractivity contribution in [3.63, 3.8) is 0 Å². The van der Waals surface area contributed by atoms with Crippen LogP contribution in [0.15, 0.2) is 0 Å². The molecule has 0 bridgehead atoms. The minimum Gasteiger partial charge on any atom is -0.850 e. The fourth-order valence-electron chi connectivity index (χ4n) is 0.797. The topological polar surface area (TPSA) is 32.3 Å². The van der Waals surface area contributed by atoms with Crippen molar-refractivity contribution in [1.29, 1.82) is 0 Å². The Labute approximate surface area is 106 Å². The van der Waals surface area contributed by atoms with Gasteiger partial charge in [0.1, 0.15) is 0 Å². The third-order valence-corrected chi connectivity index (χ3v) is 1.58. The Hall–Kier alpha value is 0.0974. The Morgan fingerprint density at radius 2 is 1.35 bits per heavy atom. The molecule has 0 saturated heterocycles. The number of rotatable bonds is 4. The van der Waals surface area contributed by atoms with Crippen LogP contribution in [0, 0.1) is 0 Å². The Bertz CT molecular complexity index is 206. The van der Waals surface area contributed by atoms with E-state index in [2.05, 4.69) is 4.74 Å². The first-order valence-electron chi connectivity index (χ1n) is 4.29. The average Bonchev–Trinajstić information content (AvgIpc) is 1.90. The Kier molecular flexibility index (Phi) is 7.22. The van der Waals surface area contributed by atoms with E-state index in [0.717, 1.165) is 13.8 Å². The maximum atomic E-state index is 11.9. The molecule has 17 heavy (non-hydrogen) atoms. The molecule has 0 aromatic heterocycles. The number of halogens is 6. The summed E-state index contributed by atoms with van der Waals surface area (Å²) in [5.41, 5.74) is -1.62. The summed E-state index contributed by atoms with van der Waals surface area (Å²) in [6, 6.07) is 0. The van der Waals surface area contributed by atoms with Gasteiger partial charge in [0.2, 0.25) is 6.10 Å². The van der Waals surface area contributed by atoms with Crippen LogP contribution in [0.1, 0.15) is 20.3 Å². The maximum Gasteiger partial charge on any atom is 1.00 e. The van der Waals surface area contributed by atoms with Crippen molar-refractivity contribution in [2.75, 3.05) is 6.61 Å². The minimum atomic E-state index is -5.52. The van der Waals surface area contributed by atoms with Crippen LogP contribution in [-0.4, -0.2) is 30.7 Å². The summed E-state index contributed by atoms with van der Waals surface area (Å²) >= 11 is 0. The standard InChI is InChI=1S/C8H11F6O2.Li/c1-6(2,15)3-4-16-5(7(9,10)11)8(12,13)14;/h5H,3-4H2,1-2H3;/q-1;+1. The number of alkyl halides is 6. The first-order valence-corrected chi connectivity index (χ1v) is 4.29. The molecule has 0 aromatic rings. The smallest absolute Gasteiger partial charge is 0.850 e. The molecule has 0 aliphatic heterocycles. The van der Waals surface area contributed by atoms with Gasteiger partial charge in [0, 0.05) is 6.61 Å². The van der Waals surface area contributed by atoms with Crippen molar-refractivity contribution in [3.8, 4) is 0 Å². The summed E-state index contributed by atoms with van der Waals surface area (Å²) < 4.78 is 75.2. The van der Waals surface area contributed by atoms with Crippen molar-refractivity contribution < 1.29 is 55.0 Å². The van der Waals surface area contributed by atoms with Gasteiger partial charge < -0.3 is 9.84 Å². The van der Waals surface area contributed by atoms with Crippen molar-refractivity contribution >= 4 is 0 Å². The Morgan fingerprint density at radius 3 is 1.59 bits per heavy atom. The van der Waals surface area contributed by atoms with E-state index in [-0.39, 0.29) is 18.9 Å². The van der Waals surface area contributed by atoms with Gasteiger partial charge in [0.05, 0.1) is 0 Å². The predicted octanol–water partition coefficient (Wildman–Crippen LogP) is -0.971. The SMILES string of the molecule is CC(C)([O-])CCOC(C(F)(F)F)C(F)(F)F.[Li+]. The third-order valence-electron chi connectivity index (χ3n) is 1.58. The monoisotopic (exact) mass is 260 g/mol. The van der Waals surface area contributed by atoms with Crippen LogP contribution in [0.3, 0.4) is 0 Å². The van der Waals surface area contributed by atoms with Crippen molar-refractivity contribution in [2.45, 2.75) is 44.3 Å². The second-order valence-electron chi connectivity index (χ2n) is 3.84. The Morgan fingerprint density at radius 1 is 1.00 bits per heavy atom. The number of hydrogen-bond acceptors (Lipinski definition) is 2. The summed E-state index contributed by atoms with van der Waals surface area (Å²) in [6.45, 7) is 1.40. The third kappa shape index (κ3) is 8.77. The molecule has 0 unspecified atom stereocenters. The maximum absolute atomic E-state index is 11.9. The number of hydrogen-bond donors (Lipinski definition) is 0. The first-order chi connectivity index (χ1) is 6.84. The van der Waals surface area contributed by atoms with Gasteiger partial charge in [-0.3, -0.25) is 0 Å². The van der Waals surface area contributed by atoms with Crippen molar-refractivity contribution in [3.05, 3.63) is 0 Å². The van der Waals surface area contributed by atoms with Crippen LogP contribution in [0.4, 0.5) is 26.3 Å². The van der Waals surface area contributed by atoms with E-state index in [0.29, 0.717) is 0 Å². The quantitative estimate of drug-likeness (QED) is 0.481. The molecule has 0 saturated carbocycles. The molecule has 0 N–H and O–H groups in total. The van der Waals surface area contributed by atoms with E-state index in [1.807, 2.05) is 0 Å². The van der Waals surface area contributed by atoms with E-state index >= 15 is 0 Å².